The van der Waals surface area contributed by atoms with E-state index in [1.165, 1.54) is 12.8 Å². The summed E-state index contributed by atoms with van der Waals surface area (Å²) in [5.74, 6) is 1.90. The predicted octanol–water partition coefficient (Wildman–Crippen LogP) is 4.50. The minimum Gasteiger partial charge on any atom is -0.439 e. The lowest BCUT2D eigenvalue weighted by Crippen LogP contribution is -2.32. The van der Waals surface area contributed by atoms with E-state index in [-0.39, 0.29) is 0 Å². The van der Waals surface area contributed by atoms with Crippen LogP contribution in [0.3, 0.4) is 0 Å². The number of likely N-dealkylation sites (tertiary alicyclic amines) is 1. The molecule has 25 heavy (non-hydrogen) atoms. The molecular formula is C20H25N3O2. The molecule has 0 spiro atoms. The summed E-state index contributed by atoms with van der Waals surface area (Å²) in [5.41, 5.74) is 3.11. The lowest BCUT2D eigenvalue weighted by atomic mass is 10.1. The number of nitrogens with zero attached hydrogens (tertiary/aromatic N) is 3. The standard InChI is InChI=1S/C20H25N3O2/c1-15-11-16(2)13-18(12-15)25-19-8-7-17(14-21-19)20(22-24)23-9-5-3-4-6-10-23/h7-8,11-14,24H,3-6,9-10H2,1-2H3/b22-20-. The Kier molecular flexibility index (Phi) is 5.53. The van der Waals surface area contributed by atoms with Crippen LogP contribution in [0.2, 0.25) is 0 Å². The molecule has 1 aliphatic rings. The number of aromatic nitrogens is 1. The quantitative estimate of drug-likeness (QED) is 0.387. The SMILES string of the molecule is Cc1cc(C)cc(Oc2ccc(/C(=N/O)N3CCCCCC3)cn2)c1. The summed E-state index contributed by atoms with van der Waals surface area (Å²) in [6, 6.07) is 9.79. The van der Waals surface area contributed by atoms with Gasteiger partial charge in [0.1, 0.15) is 5.75 Å². The van der Waals surface area contributed by atoms with Gasteiger partial charge in [0.25, 0.3) is 0 Å². The van der Waals surface area contributed by atoms with Gasteiger partial charge in [-0.15, -0.1) is 0 Å². The molecule has 1 saturated heterocycles. The van der Waals surface area contributed by atoms with Crippen molar-refractivity contribution in [1.82, 2.24) is 9.88 Å². The third-order valence-electron chi connectivity index (χ3n) is 4.41. The van der Waals surface area contributed by atoms with Crippen LogP contribution < -0.4 is 4.74 Å². The Balaban J connectivity index is 1.74. The lowest BCUT2D eigenvalue weighted by Gasteiger charge is -2.23. The number of oxime groups is 1. The van der Waals surface area contributed by atoms with Crippen molar-refractivity contribution in [3.63, 3.8) is 0 Å². The number of hydrogen-bond donors (Lipinski definition) is 1. The average molecular weight is 339 g/mol. The van der Waals surface area contributed by atoms with Gasteiger partial charge in [-0.25, -0.2) is 4.98 Å². The van der Waals surface area contributed by atoms with Crippen molar-refractivity contribution >= 4 is 5.84 Å². The van der Waals surface area contributed by atoms with E-state index in [1.807, 2.05) is 38.1 Å². The van der Waals surface area contributed by atoms with Crippen molar-refractivity contribution in [2.24, 2.45) is 5.16 Å². The second-order valence-electron chi connectivity index (χ2n) is 6.64. The first-order valence-electron chi connectivity index (χ1n) is 8.85. The molecule has 0 amide bonds. The minimum atomic E-state index is 0.530. The van der Waals surface area contributed by atoms with Gasteiger partial charge in [0, 0.05) is 30.9 Å². The highest BCUT2D eigenvalue weighted by atomic mass is 16.5. The monoisotopic (exact) mass is 339 g/mol. The molecule has 0 aliphatic carbocycles. The molecule has 0 radical (unpaired) electrons. The highest BCUT2D eigenvalue weighted by Gasteiger charge is 2.16. The zero-order chi connectivity index (χ0) is 17.6. The summed E-state index contributed by atoms with van der Waals surface area (Å²) < 4.78 is 5.85. The van der Waals surface area contributed by atoms with Gasteiger partial charge in [0.2, 0.25) is 5.88 Å². The van der Waals surface area contributed by atoms with Crippen LogP contribution in [0.25, 0.3) is 0 Å². The van der Waals surface area contributed by atoms with E-state index in [2.05, 4.69) is 21.1 Å². The Morgan fingerprint density at radius 2 is 1.72 bits per heavy atom. The fourth-order valence-corrected chi connectivity index (χ4v) is 3.27. The molecule has 2 heterocycles. The summed E-state index contributed by atoms with van der Waals surface area (Å²) in [5, 5.41) is 13.0. The first-order valence-corrected chi connectivity index (χ1v) is 8.85. The van der Waals surface area contributed by atoms with Crippen molar-refractivity contribution in [3.8, 4) is 11.6 Å². The molecule has 0 saturated carbocycles. The van der Waals surface area contributed by atoms with E-state index in [9.17, 15) is 5.21 Å². The summed E-state index contributed by atoms with van der Waals surface area (Å²) >= 11 is 0. The number of benzene rings is 1. The largest absolute Gasteiger partial charge is 0.439 e. The van der Waals surface area contributed by atoms with Gasteiger partial charge >= 0.3 is 0 Å². The topological polar surface area (TPSA) is 58.0 Å². The first-order chi connectivity index (χ1) is 12.2. The van der Waals surface area contributed by atoms with Crippen LogP contribution in [0, 0.1) is 13.8 Å². The van der Waals surface area contributed by atoms with Gasteiger partial charge in [-0.1, -0.05) is 24.1 Å². The van der Waals surface area contributed by atoms with Crippen LogP contribution in [0.1, 0.15) is 42.4 Å². The predicted molar refractivity (Wildman–Crippen MR) is 98.6 cm³/mol. The van der Waals surface area contributed by atoms with E-state index in [0.29, 0.717) is 11.7 Å². The molecule has 1 aromatic heterocycles. The Morgan fingerprint density at radius 3 is 2.28 bits per heavy atom. The molecule has 2 aromatic rings. The second kappa shape index (κ2) is 8.01. The average Bonchev–Trinajstić information content (AvgIpc) is 2.85. The zero-order valence-corrected chi connectivity index (χ0v) is 14.9. The molecule has 3 rings (SSSR count). The Bertz CT molecular complexity index is 713. The first kappa shape index (κ1) is 17.3. The number of amidine groups is 1. The van der Waals surface area contributed by atoms with Crippen molar-refractivity contribution in [3.05, 3.63) is 53.2 Å². The maximum atomic E-state index is 9.48. The van der Waals surface area contributed by atoms with Gasteiger partial charge < -0.3 is 14.8 Å². The summed E-state index contributed by atoms with van der Waals surface area (Å²) in [6.45, 7) is 5.92. The zero-order valence-electron chi connectivity index (χ0n) is 14.9. The van der Waals surface area contributed by atoms with Crippen molar-refractivity contribution < 1.29 is 9.94 Å². The third-order valence-corrected chi connectivity index (χ3v) is 4.41. The molecule has 5 nitrogen and oxygen atoms in total. The molecule has 0 atom stereocenters. The molecule has 0 bridgehead atoms. The Labute approximate surface area is 149 Å². The molecule has 1 aromatic carbocycles. The molecule has 1 N–H and O–H groups in total. The van der Waals surface area contributed by atoms with Crippen LogP contribution in [0.4, 0.5) is 0 Å². The lowest BCUT2D eigenvalue weighted by molar-refractivity contribution is 0.301. The smallest absolute Gasteiger partial charge is 0.219 e. The van der Waals surface area contributed by atoms with Crippen LogP contribution in [-0.4, -0.2) is 34.0 Å². The van der Waals surface area contributed by atoms with E-state index in [1.54, 1.807) is 6.20 Å². The van der Waals surface area contributed by atoms with E-state index in [0.717, 1.165) is 48.4 Å². The molecule has 132 valence electrons. The van der Waals surface area contributed by atoms with Crippen molar-refractivity contribution in [1.29, 1.82) is 0 Å². The number of hydrogen-bond acceptors (Lipinski definition) is 4. The molecule has 5 heteroatoms. The maximum absolute atomic E-state index is 9.48. The van der Waals surface area contributed by atoms with Gasteiger partial charge in [0.15, 0.2) is 5.84 Å². The maximum Gasteiger partial charge on any atom is 0.219 e. The van der Waals surface area contributed by atoms with E-state index >= 15 is 0 Å². The Morgan fingerprint density at radius 1 is 1.04 bits per heavy atom. The summed E-state index contributed by atoms with van der Waals surface area (Å²) in [4.78, 5) is 6.51. The fourth-order valence-electron chi connectivity index (χ4n) is 3.27. The van der Waals surface area contributed by atoms with Crippen LogP contribution in [0.5, 0.6) is 11.6 Å². The van der Waals surface area contributed by atoms with Gasteiger partial charge in [-0.3, -0.25) is 0 Å². The summed E-state index contributed by atoms with van der Waals surface area (Å²) in [7, 11) is 0. The highest BCUT2D eigenvalue weighted by molar-refractivity contribution is 5.98. The summed E-state index contributed by atoms with van der Waals surface area (Å²) in [6.07, 6.45) is 6.42. The Hall–Kier alpha value is -2.56. The van der Waals surface area contributed by atoms with Crippen molar-refractivity contribution in [2.45, 2.75) is 39.5 Å². The van der Waals surface area contributed by atoms with Crippen LogP contribution in [0.15, 0.2) is 41.7 Å². The minimum absolute atomic E-state index is 0.530. The van der Waals surface area contributed by atoms with Gasteiger partial charge in [0.05, 0.1) is 0 Å². The van der Waals surface area contributed by atoms with Gasteiger partial charge in [-0.2, -0.15) is 0 Å². The third kappa shape index (κ3) is 4.50. The molecule has 1 fully saturated rings. The van der Waals surface area contributed by atoms with E-state index < -0.39 is 0 Å². The fraction of sp³-hybridized carbons (Fsp3) is 0.400. The highest BCUT2D eigenvalue weighted by Crippen LogP contribution is 2.23. The van der Waals surface area contributed by atoms with Crippen LogP contribution >= 0.6 is 0 Å². The molecule has 0 unspecified atom stereocenters. The van der Waals surface area contributed by atoms with Gasteiger partial charge in [-0.05, 0) is 56.0 Å². The van der Waals surface area contributed by atoms with Crippen LogP contribution in [-0.2, 0) is 0 Å². The molecular weight excluding hydrogens is 314 g/mol. The van der Waals surface area contributed by atoms with Crippen molar-refractivity contribution in [2.75, 3.05) is 13.1 Å². The number of rotatable bonds is 3. The molecule has 1 aliphatic heterocycles. The normalized spacial score (nSPS) is 15.8. The number of ether oxygens (including phenoxy) is 1. The number of pyridine rings is 1. The van der Waals surface area contributed by atoms with E-state index in [4.69, 9.17) is 4.74 Å². The second-order valence-corrected chi connectivity index (χ2v) is 6.64. The number of aryl methyl sites for hydroxylation is 2.